The van der Waals surface area contributed by atoms with Crippen molar-refractivity contribution in [2.24, 2.45) is 0 Å². The second kappa shape index (κ2) is 4.52. The van der Waals surface area contributed by atoms with E-state index in [1.54, 1.807) is 13.0 Å². The molecule has 0 saturated carbocycles. The van der Waals surface area contributed by atoms with Crippen LogP contribution in [0, 0.1) is 18.3 Å². The number of nitriles is 1. The van der Waals surface area contributed by atoms with Crippen LogP contribution in [0.1, 0.15) is 17.0 Å². The molecule has 0 unspecified atom stereocenters. The molecule has 5 heteroatoms. The maximum absolute atomic E-state index is 10.8. The van der Waals surface area contributed by atoms with Gasteiger partial charge in [0.2, 0.25) is 0 Å². The van der Waals surface area contributed by atoms with E-state index >= 15 is 0 Å². The minimum atomic E-state index is -1.24. The molecule has 0 aromatic heterocycles. The predicted molar refractivity (Wildman–Crippen MR) is 57.2 cm³/mol. The number of hydrogen-bond donors (Lipinski definition) is 1. The van der Waals surface area contributed by atoms with Gasteiger partial charge in [-0.3, -0.25) is 4.79 Å². The molecule has 0 aliphatic rings. The maximum Gasteiger partial charge on any atom is 0.325 e. The Morgan fingerprint density at radius 1 is 1.53 bits per heavy atom. The van der Waals surface area contributed by atoms with Gasteiger partial charge in [-0.15, -0.1) is 0 Å². The highest BCUT2D eigenvalue weighted by Crippen LogP contribution is 2.29. The van der Waals surface area contributed by atoms with Crippen LogP contribution < -0.4 is 0 Å². The van der Waals surface area contributed by atoms with Crippen molar-refractivity contribution in [2.75, 3.05) is 0 Å². The first-order chi connectivity index (χ1) is 6.97. The van der Waals surface area contributed by atoms with Crippen molar-refractivity contribution in [1.82, 2.24) is 0 Å². The molecule has 0 amide bonds. The maximum atomic E-state index is 10.8. The molecule has 0 bridgehead atoms. The molecule has 15 heavy (non-hydrogen) atoms. The lowest BCUT2D eigenvalue weighted by Gasteiger charge is -2.10. The van der Waals surface area contributed by atoms with Gasteiger partial charge in [-0.25, -0.2) is 0 Å². The Kier molecular flexibility index (Phi) is 3.57. The largest absolute Gasteiger partial charge is 0.480 e. The van der Waals surface area contributed by atoms with Gasteiger partial charge in [0.1, 0.15) is 0 Å². The normalized spacial score (nSPS) is 11.9. The highest BCUT2D eigenvalue weighted by atomic mass is 35.5. The Balaban J connectivity index is 3.37. The van der Waals surface area contributed by atoms with E-state index in [-0.39, 0.29) is 0 Å². The number of benzene rings is 1. The zero-order valence-corrected chi connectivity index (χ0v) is 9.30. The fraction of sp³-hybridized carbons (Fsp3) is 0.200. The number of carbonyl (C=O) groups is 1. The zero-order valence-electron chi connectivity index (χ0n) is 7.79. The van der Waals surface area contributed by atoms with Crippen molar-refractivity contribution in [3.05, 3.63) is 33.3 Å². The quantitative estimate of drug-likeness (QED) is 0.869. The van der Waals surface area contributed by atoms with Crippen molar-refractivity contribution >= 4 is 29.2 Å². The molecular weight excluding hydrogens is 237 g/mol. The summed E-state index contributed by atoms with van der Waals surface area (Å²) in [5.74, 6) is -2.44. The molecule has 1 atom stereocenters. The highest BCUT2D eigenvalue weighted by molar-refractivity contribution is 6.35. The molecule has 78 valence electrons. The average Bonchev–Trinajstić information content (AvgIpc) is 2.13. The number of hydrogen-bond acceptors (Lipinski definition) is 2. The van der Waals surface area contributed by atoms with Crippen LogP contribution in [0.2, 0.25) is 10.0 Å². The van der Waals surface area contributed by atoms with Crippen LogP contribution in [-0.4, -0.2) is 11.1 Å². The van der Waals surface area contributed by atoms with Crippen molar-refractivity contribution in [1.29, 1.82) is 5.26 Å². The summed E-state index contributed by atoms with van der Waals surface area (Å²) in [6, 6.07) is 4.66. The van der Waals surface area contributed by atoms with Crippen molar-refractivity contribution in [2.45, 2.75) is 12.8 Å². The molecular formula is C10H7Cl2NO2. The minimum absolute atomic E-state index is 0.321. The molecule has 0 aliphatic heterocycles. The van der Waals surface area contributed by atoms with E-state index < -0.39 is 11.9 Å². The number of halogens is 2. The summed E-state index contributed by atoms with van der Waals surface area (Å²) in [6.45, 7) is 1.65. The molecule has 0 saturated heterocycles. The van der Waals surface area contributed by atoms with Crippen molar-refractivity contribution in [3.63, 3.8) is 0 Å². The van der Waals surface area contributed by atoms with E-state index in [2.05, 4.69) is 0 Å². The minimum Gasteiger partial charge on any atom is -0.480 e. The van der Waals surface area contributed by atoms with Gasteiger partial charge in [-0.05, 0) is 30.2 Å². The average molecular weight is 244 g/mol. The molecule has 0 spiro atoms. The standard InChI is InChI=1S/C10H7Cl2NO2/c1-5-7(8(4-13)10(14)15)2-6(11)3-9(5)12/h2-3,8H,1H3,(H,14,15)/t8-/m0/s1. The molecule has 0 fully saturated rings. The SMILES string of the molecule is Cc1c(Cl)cc(Cl)cc1[C@H](C#N)C(=O)O. The Morgan fingerprint density at radius 2 is 2.13 bits per heavy atom. The number of carboxylic acid groups (broad SMARTS) is 1. The van der Waals surface area contributed by atoms with E-state index in [4.69, 9.17) is 33.6 Å². The van der Waals surface area contributed by atoms with Gasteiger partial charge < -0.3 is 5.11 Å². The number of nitrogens with zero attached hydrogens (tertiary/aromatic N) is 1. The number of carboxylic acids is 1. The first-order valence-corrected chi connectivity index (χ1v) is 4.81. The van der Waals surface area contributed by atoms with E-state index in [0.717, 1.165) is 0 Å². The Labute approximate surface area is 96.8 Å². The lowest BCUT2D eigenvalue weighted by molar-refractivity contribution is -0.137. The fourth-order valence-electron chi connectivity index (χ4n) is 1.22. The molecule has 1 N–H and O–H groups in total. The number of rotatable bonds is 2. The molecule has 1 aromatic rings. The Morgan fingerprint density at radius 3 is 2.60 bits per heavy atom. The second-order valence-electron chi connectivity index (χ2n) is 3.00. The van der Waals surface area contributed by atoms with Gasteiger partial charge in [-0.1, -0.05) is 23.2 Å². The van der Waals surface area contributed by atoms with Crippen LogP contribution in [0.5, 0.6) is 0 Å². The lowest BCUT2D eigenvalue weighted by Crippen LogP contribution is -2.10. The van der Waals surface area contributed by atoms with Gasteiger partial charge in [0.15, 0.2) is 5.92 Å². The lowest BCUT2D eigenvalue weighted by atomic mass is 9.96. The van der Waals surface area contributed by atoms with Gasteiger partial charge >= 0.3 is 5.97 Å². The first kappa shape index (κ1) is 11.8. The first-order valence-electron chi connectivity index (χ1n) is 4.05. The summed E-state index contributed by atoms with van der Waals surface area (Å²) in [6.07, 6.45) is 0. The van der Waals surface area contributed by atoms with Crippen LogP contribution in [0.25, 0.3) is 0 Å². The van der Waals surface area contributed by atoms with Crippen LogP contribution in [0.3, 0.4) is 0 Å². The van der Waals surface area contributed by atoms with Crippen LogP contribution in [0.4, 0.5) is 0 Å². The summed E-state index contributed by atoms with van der Waals surface area (Å²) in [5, 5.41) is 18.2. The molecule has 1 rings (SSSR count). The predicted octanol–water partition coefficient (Wildman–Crippen LogP) is 2.99. The fourth-order valence-corrected chi connectivity index (χ4v) is 1.73. The highest BCUT2D eigenvalue weighted by Gasteiger charge is 2.22. The van der Waals surface area contributed by atoms with Gasteiger partial charge in [0, 0.05) is 10.0 Å². The molecule has 1 aromatic carbocycles. The third kappa shape index (κ3) is 2.41. The van der Waals surface area contributed by atoms with E-state index in [0.29, 0.717) is 21.2 Å². The van der Waals surface area contributed by atoms with Crippen LogP contribution in [-0.2, 0) is 4.79 Å². The third-order valence-corrected chi connectivity index (χ3v) is 2.65. The second-order valence-corrected chi connectivity index (χ2v) is 3.85. The molecule has 0 radical (unpaired) electrons. The summed E-state index contributed by atoms with van der Waals surface area (Å²) >= 11 is 11.6. The number of aliphatic carboxylic acids is 1. The van der Waals surface area contributed by atoms with E-state index in [1.807, 2.05) is 0 Å². The summed E-state index contributed by atoms with van der Waals surface area (Å²) in [4.78, 5) is 10.8. The Bertz CT molecular complexity index is 451. The third-order valence-electron chi connectivity index (χ3n) is 2.04. The Hall–Kier alpha value is -1.24. The van der Waals surface area contributed by atoms with Gasteiger partial charge in [-0.2, -0.15) is 5.26 Å². The van der Waals surface area contributed by atoms with Gasteiger partial charge in [0.25, 0.3) is 0 Å². The van der Waals surface area contributed by atoms with E-state index in [9.17, 15) is 4.79 Å². The smallest absolute Gasteiger partial charge is 0.325 e. The molecule has 0 aliphatic carbocycles. The zero-order chi connectivity index (χ0) is 11.6. The van der Waals surface area contributed by atoms with Gasteiger partial charge in [0.05, 0.1) is 6.07 Å². The van der Waals surface area contributed by atoms with Crippen LogP contribution in [0.15, 0.2) is 12.1 Å². The molecule has 0 heterocycles. The monoisotopic (exact) mass is 243 g/mol. The van der Waals surface area contributed by atoms with Crippen molar-refractivity contribution in [3.8, 4) is 6.07 Å². The summed E-state index contributed by atoms with van der Waals surface area (Å²) in [5.41, 5.74) is 0.900. The summed E-state index contributed by atoms with van der Waals surface area (Å²) in [7, 11) is 0. The summed E-state index contributed by atoms with van der Waals surface area (Å²) < 4.78 is 0. The topological polar surface area (TPSA) is 61.1 Å². The van der Waals surface area contributed by atoms with Crippen molar-refractivity contribution < 1.29 is 9.90 Å². The van der Waals surface area contributed by atoms with E-state index in [1.165, 1.54) is 12.1 Å². The van der Waals surface area contributed by atoms with Crippen LogP contribution >= 0.6 is 23.2 Å². The molecule has 3 nitrogen and oxygen atoms in total.